The lowest BCUT2D eigenvalue weighted by Gasteiger charge is -2.15. The summed E-state index contributed by atoms with van der Waals surface area (Å²) in [5.74, 6) is 0.841. The molecule has 1 saturated heterocycles. The molecule has 1 aromatic rings. The Morgan fingerprint density at radius 3 is 2.75 bits per heavy atom. The highest BCUT2D eigenvalue weighted by Gasteiger charge is 2.18. The first-order chi connectivity index (χ1) is 11.7. The summed E-state index contributed by atoms with van der Waals surface area (Å²) in [5, 5.41) is 6.50. The number of benzene rings is 1. The molecule has 1 heterocycles. The normalized spacial score (nSPS) is 15.0. The molecular formula is C18H27FN4O. The van der Waals surface area contributed by atoms with Gasteiger partial charge in [0.2, 0.25) is 5.91 Å². The van der Waals surface area contributed by atoms with Gasteiger partial charge in [0.1, 0.15) is 5.82 Å². The van der Waals surface area contributed by atoms with Gasteiger partial charge >= 0.3 is 0 Å². The number of hydrogen-bond acceptors (Lipinski definition) is 2. The maximum Gasteiger partial charge on any atom is 0.222 e. The summed E-state index contributed by atoms with van der Waals surface area (Å²) < 4.78 is 12.9. The van der Waals surface area contributed by atoms with Crippen molar-refractivity contribution in [3.63, 3.8) is 0 Å². The van der Waals surface area contributed by atoms with Gasteiger partial charge < -0.3 is 15.5 Å². The molecule has 5 nitrogen and oxygen atoms in total. The molecule has 132 valence electrons. The number of rotatable bonds is 8. The third-order valence-corrected chi connectivity index (χ3v) is 3.99. The van der Waals surface area contributed by atoms with Crippen LogP contribution >= 0.6 is 0 Å². The summed E-state index contributed by atoms with van der Waals surface area (Å²) in [5.41, 5.74) is 1.09. The molecule has 0 aromatic heterocycles. The second-order valence-corrected chi connectivity index (χ2v) is 5.90. The van der Waals surface area contributed by atoms with Gasteiger partial charge in [-0.25, -0.2) is 4.39 Å². The van der Waals surface area contributed by atoms with E-state index in [9.17, 15) is 9.18 Å². The number of likely N-dealkylation sites (tertiary alicyclic amines) is 1. The Hall–Kier alpha value is -2.11. The van der Waals surface area contributed by atoms with Crippen LogP contribution in [0.1, 0.15) is 31.7 Å². The van der Waals surface area contributed by atoms with Crippen molar-refractivity contribution >= 4 is 11.9 Å². The molecule has 0 atom stereocenters. The minimum absolute atomic E-state index is 0.210. The molecule has 6 heteroatoms. The van der Waals surface area contributed by atoms with Crippen LogP contribution in [0, 0.1) is 5.82 Å². The molecule has 2 rings (SSSR count). The lowest BCUT2D eigenvalue weighted by Crippen LogP contribution is -2.38. The van der Waals surface area contributed by atoms with Crippen LogP contribution in [-0.4, -0.2) is 49.5 Å². The summed E-state index contributed by atoms with van der Waals surface area (Å²) in [4.78, 5) is 18.0. The first-order valence-electron chi connectivity index (χ1n) is 8.73. The zero-order valence-electron chi connectivity index (χ0n) is 14.4. The second kappa shape index (κ2) is 9.90. The molecule has 0 radical (unpaired) electrons. The van der Waals surface area contributed by atoms with Crippen LogP contribution in [0.3, 0.4) is 0 Å². The van der Waals surface area contributed by atoms with Crippen LogP contribution in [0.15, 0.2) is 29.3 Å². The van der Waals surface area contributed by atoms with Crippen molar-refractivity contribution in [2.45, 2.75) is 32.6 Å². The molecule has 24 heavy (non-hydrogen) atoms. The van der Waals surface area contributed by atoms with Crippen LogP contribution < -0.4 is 10.6 Å². The van der Waals surface area contributed by atoms with E-state index in [0.29, 0.717) is 13.0 Å². The average molecular weight is 334 g/mol. The van der Waals surface area contributed by atoms with Gasteiger partial charge in [-0.15, -0.1) is 0 Å². The van der Waals surface area contributed by atoms with E-state index in [-0.39, 0.29) is 11.7 Å². The Kier molecular flexibility index (Phi) is 7.52. The predicted molar refractivity (Wildman–Crippen MR) is 94.5 cm³/mol. The van der Waals surface area contributed by atoms with Gasteiger partial charge in [0, 0.05) is 39.1 Å². The molecule has 0 saturated carbocycles. The largest absolute Gasteiger partial charge is 0.357 e. The first-order valence-corrected chi connectivity index (χ1v) is 8.73. The monoisotopic (exact) mass is 334 g/mol. The fourth-order valence-corrected chi connectivity index (χ4v) is 2.71. The standard InChI is InChI=1S/C18H27FN4O/c1-2-20-18(21-11-4-14-23-13-3-5-17(23)24)22-12-10-15-6-8-16(19)9-7-15/h6-9H,2-5,10-14H2,1H3,(H2,20,21,22). The SMILES string of the molecule is CCNC(=NCCCN1CCCC1=O)NCCc1ccc(F)cc1. The predicted octanol–water partition coefficient (Wildman–Crippen LogP) is 1.94. The average Bonchev–Trinajstić information content (AvgIpc) is 2.98. The van der Waals surface area contributed by atoms with E-state index in [0.717, 1.165) is 57.0 Å². The molecule has 0 bridgehead atoms. The zero-order chi connectivity index (χ0) is 17.2. The van der Waals surface area contributed by atoms with E-state index in [1.807, 2.05) is 11.8 Å². The number of nitrogens with one attached hydrogen (secondary N) is 2. The molecule has 1 aromatic carbocycles. The molecule has 1 aliphatic heterocycles. The smallest absolute Gasteiger partial charge is 0.222 e. The molecule has 2 N–H and O–H groups in total. The summed E-state index contributed by atoms with van der Waals surface area (Å²) in [6.45, 7) is 5.93. The highest BCUT2D eigenvalue weighted by atomic mass is 19.1. The van der Waals surface area contributed by atoms with Crippen LogP contribution in [0.5, 0.6) is 0 Å². The van der Waals surface area contributed by atoms with Crippen LogP contribution in [0.2, 0.25) is 0 Å². The number of carbonyl (C=O) groups excluding carboxylic acids is 1. The van der Waals surface area contributed by atoms with Gasteiger partial charge in [-0.3, -0.25) is 9.79 Å². The Bertz CT molecular complexity index is 544. The number of guanidine groups is 1. The third-order valence-electron chi connectivity index (χ3n) is 3.99. The Morgan fingerprint density at radius 1 is 1.29 bits per heavy atom. The van der Waals surface area contributed by atoms with Crippen molar-refractivity contribution < 1.29 is 9.18 Å². The lowest BCUT2D eigenvalue weighted by atomic mass is 10.1. The van der Waals surface area contributed by atoms with E-state index in [4.69, 9.17) is 0 Å². The Balaban J connectivity index is 1.69. The minimum Gasteiger partial charge on any atom is -0.357 e. The summed E-state index contributed by atoms with van der Waals surface area (Å²) in [6, 6.07) is 6.56. The first kappa shape index (κ1) is 18.2. The number of carbonyl (C=O) groups is 1. The van der Waals surface area contributed by atoms with Crippen molar-refractivity contribution in [1.29, 1.82) is 0 Å². The van der Waals surface area contributed by atoms with Gasteiger partial charge in [-0.1, -0.05) is 12.1 Å². The van der Waals surface area contributed by atoms with Crippen LogP contribution in [0.4, 0.5) is 4.39 Å². The maximum atomic E-state index is 12.9. The number of amides is 1. The molecule has 1 fully saturated rings. The number of aliphatic imine (C=N–C) groups is 1. The number of halogens is 1. The molecule has 0 spiro atoms. The van der Waals surface area contributed by atoms with Gasteiger partial charge in [-0.2, -0.15) is 0 Å². The number of nitrogens with zero attached hydrogens (tertiary/aromatic N) is 2. The Labute approximate surface area is 143 Å². The van der Waals surface area contributed by atoms with E-state index in [2.05, 4.69) is 15.6 Å². The van der Waals surface area contributed by atoms with E-state index in [1.54, 1.807) is 12.1 Å². The zero-order valence-corrected chi connectivity index (χ0v) is 14.4. The summed E-state index contributed by atoms with van der Waals surface area (Å²) in [6.07, 6.45) is 3.36. The van der Waals surface area contributed by atoms with Crippen LogP contribution in [-0.2, 0) is 11.2 Å². The van der Waals surface area contributed by atoms with Gasteiger partial charge in [0.05, 0.1) is 0 Å². The second-order valence-electron chi connectivity index (χ2n) is 5.90. The summed E-state index contributed by atoms with van der Waals surface area (Å²) in [7, 11) is 0. The van der Waals surface area contributed by atoms with Crippen molar-refractivity contribution in [3.8, 4) is 0 Å². The molecule has 0 unspecified atom stereocenters. The fraction of sp³-hybridized carbons (Fsp3) is 0.556. The molecular weight excluding hydrogens is 307 g/mol. The third kappa shape index (κ3) is 6.18. The van der Waals surface area contributed by atoms with Crippen LogP contribution in [0.25, 0.3) is 0 Å². The van der Waals surface area contributed by atoms with E-state index < -0.39 is 0 Å². The summed E-state index contributed by atoms with van der Waals surface area (Å²) >= 11 is 0. The van der Waals surface area contributed by atoms with E-state index >= 15 is 0 Å². The van der Waals surface area contributed by atoms with Crippen molar-refractivity contribution in [2.24, 2.45) is 4.99 Å². The highest BCUT2D eigenvalue weighted by Crippen LogP contribution is 2.09. The quantitative estimate of drug-likeness (QED) is 0.434. The van der Waals surface area contributed by atoms with Gasteiger partial charge in [0.25, 0.3) is 0 Å². The fourth-order valence-electron chi connectivity index (χ4n) is 2.71. The van der Waals surface area contributed by atoms with Gasteiger partial charge in [0.15, 0.2) is 5.96 Å². The highest BCUT2D eigenvalue weighted by molar-refractivity contribution is 5.79. The minimum atomic E-state index is -0.210. The Morgan fingerprint density at radius 2 is 2.08 bits per heavy atom. The lowest BCUT2D eigenvalue weighted by molar-refractivity contribution is -0.127. The molecule has 1 aliphatic rings. The molecule has 0 aliphatic carbocycles. The number of hydrogen-bond donors (Lipinski definition) is 2. The maximum absolute atomic E-state index is 12.9. The van der Waals surface area contributed by atoms with Crippen molar-refractivity contribution in [2.75, 3.05) is 32.7 Å². The molecule has 1 amide bonds. The van der Waals surface area contributed by atoms with Crippen molar-refractivity contribution in [1.82, 2.24) is 15.5 Å². The van der Waals surface area contributed by atoms with Crippen molar-refractivity contribution in [3.05, 3.63) is 35.6 Å². The van der Waals surface area contributed by atoms with Gasteiger partial charge in [-0.05, 0) is 43.9 Å². The van der Waals surface area contributed by atoms with E-state index in [1.165, 1.54) is 12.1 Å². The topological polar surface area (TPSA) is 56.7 Å².